The summed E-state index contributed by atoms with van der Waals surface area (Å²) in [4.78, 5) is 19.2. The highest BCUT2D eigenvalue weighted by molar-refractivity contribution is 5.89. The maximum absolute atomic E-state index is 12.4. The number of carbonyl (C=O) groups excluding carboxylic acids is 1. The molecule has 2 aliphatic rings. The van der Waals surface area contributed by atoms with Crippen LogP contribution in [0.3, 0.4) is 0 Å². The van der Waals surface area contributed by atoms with Gasteiger partial charge in [0, 0.05) is 31.3 Å². The van der Waals surface area contributed by atoms with Crippen LogP contribution in [-0.2, 0) is 11.2 Å². The van der Waals surface area contributed by atoms with Crippen LogP contribution < -0.4 is 5.32 Å². The normalized spacial score (nSPS) is 19.5. The molecule has 116 valence electrons. The van der Waals surface area contributed by atoms with Gasteiger partial charge in [-0.05, 0) is 31.5 Å². The third-order valence-corrected chi connectivity index (χ3v) is 4.43. The van der Waals surface area contributed by atoms with E-state index in [4.69, 9.17) is 0 Å². The number of ketones is 1. The second kappa shape index (κ2) is 7.36. The number of benzene rings is 1. The predicted octanol–water partition coefficient (Wildman–Crippen LogP) is 2.03. The highest BCUT2D eigenvalue weighted by Crippen LogP contribution is 2.20. The van der Waals surface area contributed by atoms with Gasteiger partial charge < -0.3 is 5.32 Å². The Hall–Kier alpha value is -1.94. The fourth-order valence-electron chi connectivity index (χ4n) is 3.13. The van der Waals surface area contributed by atoms with E-state index in [0.717, 1.165) is 44.6 Å². The number of rotatable bonds is 5. The molecule has 4 nitrogen and oxygen atoms in total. The first-order valence-electron chi connectivity index (χ1n) is 8.04. The Labute approximate surface area is 131 Å². The number of likely N-dealkylation sites (tertiary alicyclic amines) is 1. The van der Waals surface area contributed by atoms with Gasteiger partial charge in [-0.25, -0.2) is 0 Å². The average Bonchev–Trinajstić information content (AvgIpc) is 2.57. The molecule has 2 aliphatic heterocycles. The van der Waals surface area contributed by atoms with E-state index in [1.807, 2.05) is 42.7 Å². The maximum Gasteiger partial charge on any atom is 0.140 e. The van der Waals surface area contributed by atoms with Crippen molar-refractivity contribution in [1.29, 1.82) is 0 Å². The predicted molar refractivity (Wildman–Crippen MR) is 88.9 cm³/mol. The van der Waals surface area contributed by atoms with E-state index in [1.54, 1.807) is 0 Å². The quantitative estimate of drug-likeness (QED) is 0.904. The smallest absolute Gasteiger partial charge is 0.140 e. The monoisotopic (exact) mass is 297 g/mol. The van der Waals surface area contributed by atoms with Gasteiger partial charge in [-0.1, -0.05) is 30.3 Å². The van der Waals surface area contributed by atoms with Gasteiger partial charge in [-0.3, -0.25) is 14.7 Å². The van der Waals surface area contributed by atoms with E-state index in [9.17, 15) is 4.79 Å². The van der Waals surface area contributed by atoms with E-state index < -0.39 is 0 Å². The summed E-state index contributed by atoms with van der Waals surface area (Å²) in [7, 11) is 0. The van der Waals surface area contributed by atoms with Gasteiger partial charge in [0.2, 0.25) is 0 Å². The molecule has 3 rings (SSSR count). The Bertz CT molecular complexity index is 557. The van der Waals surface area contributed by atoms with Crippen LogP contribution in [-0.4, -0.2) is 42.6 Å². The van der Waals surface area contributed by atoms with Crippen molar-refractivity contribution >= 4 is 11.5 Å². The summed E-state index contributed by atoms with van der Waals surface area (Å²) in [6.45, 7) is 3.74. The minimum absolute atomic E-state index is 0.225. The molecule has 0 aliphatic carbocycles. The van der Waals surface area contributed by atoms with Crippen molar-refractivity contribution in [2.24, 2.45) is 10.9 Å². The minimum Gasteiger partial charge on any atom is -0.384 e. The molecule has 0 atom stereocenters. The molecule has 0 radical (unpaired) electrons. The summed E-state index contributed by atoms with van der Waals surface area (Å²) >= 11 is 0. The molecule has 22 heavy (non-hydrogen) atoms. The van der Waals surface area contributed by atoms with Crippen molar-refractivity contribution < 1.29 is 4.79 Å². The molecule has 2 heterocycles. The molecule has 0 spiro atoms. The lowest BCUT2D eigenvalue weighted by atomic mass is 9.89. The molecule has 1 aromatic carbocycles. The third kappa shape index (κ3) is 4.04. The molecular formula is C18H23N3O. The van der Waals surface area contributed by atoms with Gasteiger partial charge in [-0.15, -0.1) is 0 Å². The van der Waals surface area contributed by atoms with Crippen LogP contribution in [0.1, 0.15) is 18.4 Å². The first-order chi connectivity index (χ1) is 10.8. The molecule has 0 saturated carbocycles. The zero-order chi connectivity index (χ0) is 15.2. The van der Waals surface area contributed by atoms with Crippen LogP contribution in [0.4, 0.5) is 0 Å². The number of Topliss-reactive ketones (excluding diaryl/α,β-unsaturated/α-hetero) is 1. The van der Waals surface area contributed by atoms with E-state index >= 15 is 0 Å². The molecule has 1 fully saturated rings. The molecular weight excluding hydrogens is 274 g/mol. The number of nitrogens with zero attached hydrogens (tertiary/aromatic N) is 2. The fourth-order valence-corrected chi connectivity index (χ4v) is 3.13. The molecule has 0 bridgehead atoms. The SMILES string of the molecule is O=C(Cc1ccccc1)C1CCN(CC2=NC=CNC2)CC1. The van der Waals surface area contributed by atoms with Gasteiger partial charge in [0.25, 0.3) is 0 Å². The van der Waals surface area contributed by atoms with Crippen LogP contribution in [0.15, 0.2) is 47.7 Å². The van der Waals surface area contributed by atoms with Crippen molar-refractivity contribution in [3.63, 3.8) is 0 Å². The molecule has 1 aromatic rings. The van der Waals surface area contributed by atoms with Gasteiger partial charge in [-0.2, -0.15) is 0 Å². The van der Waals surface area contributed by atoms with Crippen molar-refractivity contribution in [3.05, 3.63) is 48.3 Å². The van der Waals surface area contributed by atoms with Crippen LogP contribution in [0.5, 0.6) is 0 Å². The lowest BCUT2D eigenvalue weighted by Crippen LogP contribution is -2.41. The first-order valence-corrected chi connectivity index (χ1v) is 8.04. The number of hydrogen-bond acceptors (Lipinski definition) is 4. The molecule has 0 amide bonds. The van der Waals surface area contributed by atoms with Gasteiger partial charge >= 0.3 is 0 Å². The largest absolute Gasteiger partial charge is 0.384 e. The Balaban J connectivity index is 1.46. The van der Waals surface area contributed by atoms with Crippen molar-refractivity contribution in [2.75, 3.05) is 26.2 Å². The van der Waals surface area contributed by atoms with Crippen molar-refractivity contribution in [1.82, 2.24) is 10.2 Å². The second-order valence-corrected chi connectivity index (χ2v) is 6.07. The second-order valence-electron chi connectivity index (χ2n) is 6.07. The lowest BCUT2D eigenvalue weighted by molar-refractivity contribution is -0.123. The average molecular weight is 297 g/mol. The summed E-state index contributed by atoms with van der Waals surface area (Å²) in [6, 6.07) is 10.1. The Morgan fingerprint density at radius 3 is 2.68 bits per heavy atom. The van der Waals surface area contributed by atoms with Crippen LogP contribution >= 0.6 is 0 Å². The van der Waals surface area contributed by atoms with E-state index in [-0.39, 0.29) is 5.92 Å². The van der Waals surface area contributed by atoms with Crippen LogP contribution in [0, 0.1) is 5.92 Å². The summed E-state index contributed by atoms with van der Waals surface area (Å²) in [5.74, 6) is 0.619. The first kappa shape index (κ1) is 15.0. The number of carbonyl (C=O) groups is 1. The number of aliphatic imine (C=N–C) groups is 1. The Morgan fingerprint density at radius 2 is 2.00 bits per heavy atom. The standard InChI is InChI=1S/C18H23N3O/c22-18(12-15-4-2-1-3-5-15)16-6-10-21(11-7-16)14-17-13-19-8-9-20-17/h1-5,8-9,16,19H,6-7,10-14H2. The van der Waals surface area contributed by atoms with Crippen LogP contribution in [0.2, 0.25) is 0 Å². The molecule has 4 heteroatoms. The van der Waals surface area contributed by atoms with Gasteiger partial charge in [0.1, 0.15) is 5.78 Å². The zero-order valence-corrected chi connectivity index (χ0v) is 12.9. The van der Waals surface area contributed by atoms with Gasteiger partial charge in [0.15, 0.2) is 0 Å². The van der Waals surface area contributed by atoms with Crippen molar-refractivity contribution in [3.8, 4) is 0 Å². The van der Waals surface area contributed by atoms with E-state index in [0.29, 0.717) is 12.2 Å². The fraction of sp³-hybridized carbons (Fsp3) is 0.444. The molecule has 1 N–H and O–H groups in total. The Kier molecular flexibility index (Phi) is 5.01. The van der Waals surface area contributed by atoms with E-state index in [1.165, 1.54) is 5.71 Å². The molecule has 1 saturated heterocycles. The summed E-state index contributed by atoms with van der Waals surface area (Å²) in [5.41, 5.74) is 2.31. The van der Waals surface area contributed by atoms with E-state index in [2.05, 4.69) is 15.2 Å². The lowest BCUT2D eigenvalue weighted by Gasteiger charge is -2.31. The number of nitrogens with one attached hydrogen (secondary N) is 1. The van der Waals surface area contributed by atoms with Gasteiger partial charge in [0.05, 0.1) is 12.3 Å². The van der Waals surface area contributed by atoms with Crippen molar-refractivity contribution in [2.45, 2.75) is 19.3 Å². The highest BCUT2D eigenvalue weighted by Gasteiger charge is 2.25. The molecule has 0 unspecified atom stereocenters. The highest BCUT2D eigenvalue weighted by atomic mass is 16.1. The maximum atomic E-state index is 12.4. The Morgan fingerprint density at radius 1 is 1.23 bits per heavy atom. The minimum atomic E-state index is 0.225. The summed E-state index contributed by atoms with van der Waals surface area (Å²) in [5, 5.41) is 3.19. The topological polar surface area (TPSA) is 44.7 Å². The third-order valence-electron chi connectivity index (χ3n) is 4.43. The zero-order valence-electron chi connectivity index (χ0n) is 12.9. The number of piperidine rings is 1. The molecule has 0 aromatic heterocycles. The van der Waals surface area contributed by atoms with Crippen LogP contribution in [0.25, 0.3) is 0 Å². The summed E-state index contributed by atoms with van der Waals surface area (Å²) in [6.07, 6.45) is 6.21. The number of hydrogen-bond donors (Lipinski definition) is 1. The summed E-state index contributed by atoms with van der Waals surface area (Å²) < 4.78 is 0.